The number of benzene rings is 2. The molecule has 3 aromatic rings. The number of thiazole rings is 1. The van der Waals surface area contributed by atoms with Gasteiger partial charge < -0.3 is 0 Å². The number of allylic oxidation sites excluding steroid dienone is 1. The number of aromatic nitrogens is 1. The zero-order valence-corrected chi connectivity index (χ0v) is 13.7. The third-order valence-electron chi connectivity index (χ3n) is 3.80. The molecule has 1 atom stereocenters. The summed E-state index contributed by atoms with van der Waals surface area (Å²) in [4.78, 5) is 17.5. The van der Waals surface area contributed by atoms with Crippen molar-refractivity contribution in [2.24, 2.45) is 0 Å². The lowest BCUT2D eigenvalue weighted by Gasteiger charge is -2.03. The smallest absolute Gasteiger partial charge is 0.186 e. The number of hydrogen-bond donors (Lipinski definition) is 1. The highest BCUT2D eigenvalue weighted by molar-refractivity contribution is 8.19. The van der Waals surface area contributed by atoms with E-state index >= 15 is 0 Å². The molecule has 3 nitrogen and oxygen atoms in total. The Hall–Kier alpha value is -2.24. The van der Waals surface area contributed by atoms with Gasteiger partial charge in [-0.15, -0.1) is 11.3 Å². The molecule has 1 saturated heterocycles. The third-order valence-corrected chi connectivity index (χ3v) is 5.63. The number of hydrogen-bond acceptors (Lipinski definition) is 5. The first kappa shape index (κ1) is 14.4. The SMILES string of the molecule is N=C1S/C(=C\c2cccc3ccccc23)C(=O)[C@H]1c1nccs1. The van der Waals surface area contributed by atoms with Crippen molar-refractivity contribution in [2.45, 2.75) is 5.92 Å². The summed E-state index contributed by atoms with van der Waals surface area (Å²) < 4.78 is 0. The lowest BCUT2D eigenvalue weighted by molar-refractivity contribution is -0.114. The van der Waals surface area contributed by atoms with Crippen molar-refractivity contribution in [3.05, 3.63) is 69.5 Å². The van der Waals surface area contributed by atoms with Crippen molar-refractivity contribution in [3.8, 4) is 0 Å². The fourth-order valence-electron chi connectivity index (χ4n) is 2.71. The van der Waals surface area contributed by atoms with Crippen molar-refractivity contribution >= 4 is 50.8 Å². The second kappa shape index (κ2) is 5.76. The highest BCUT2D eigenvalue weighted by atomic mass is 32.2. The summed E-state index contributed by atoms with van der Waals surface area (Å²) in [6.07, 6.45) is 3.58. The van der Waals surface area contributed by atoms with Crippen LogP contribution < -0.4 is 0 Å². The zero-order valence-electron chi connectivity index (χ0n) is 12.0. The van der Waals surface area contributed by atoms with Crippen LogP contribution in [0.25, 0.3) is 16.8 Å². The normalized spacial score (nSPS) is 19.8. The second-order valence-corrected chi connectivity index (χ2v) is 7.22. The van der Waals surface area contributed by atoms with E-state index in [-0.39, 0.29) is 5.78 Å². The van der Waals surface area contributed by atoms with Gasteiger partial charge in [0.15, 0.2) is 5.78 Å². The largest absolute Gasteiger partial charge is 0.297 e. The fourth-order valence-corrected chi connectivity index (χ4v) is 4.50. The van der Waals surface area contributed by atoms with Crippen LogP contribution in [-0.4, -0.2) is 15.8 Å². The number of fused-ring (bicyclic) bond motifs is 1. The average molecular weight is 336 g/mol. The maximum absolute atomic E-state index is 12.7. The predicted octanol–water partition coefficient (Wildman–Crippen LogP) is 4.71. The number of rotatable bonds is 2. The Bertz CT molecular complexity index is 939. The van der Waals surface area contributed by atoms with Crippen LogP contribution in [0.4, 0.5) is 0 Å². The Kier molecular flexibility index (Phi) is 3.59. The first-order chi connectivity index (χ1) is 11.2. The molecule has 112 valence electrons. The van der Waals surface area contributed by atoms with E-state index in [1.807, 2.05) is 35.7 Å². The number of nitrogens with zero attached hydrogens (tertiary/aromatic N) is 1. The Labute approximate surface area is 141 Å². The number of thioether (sulfide) groups is 1. The summed E-state index contributed by atoms with van der Waals surface area (Å²) in [7, 11) is 0. The maximum atomic E-state index is 12.7. The molecule has 5 heteroatoms. The molecule has 2 heterocycles. The Morgan fingerprint density at radius 1 is 1.13 bits per heavy atom. The summed E-state index contributed by atoms with van der Waals surface area (Å²) in [6.45, 7) is 0. The van der Waals surface area contributed by atoms with Crippen molar-refractivity contribution in [2.75, 3.05) is 0 Å². The molecular weight excluding hydrogens is 324 g/mol. The van der Waals surface area contributed by atoms with Gasteiger partial charge in [0.25, 0.3) is 0 Å². The molecule has 0 unspecified atom stereocenters. The van der Waals surface area contributed by atoms with Crippen LogP contribution in [0.5, 0.6) is 0 Å². The van der Waals surface area contributed by atoms with Crippen molar-refractivity contribution in [1.29, 1.82) is 5.41 Å². The highest BCUT2D eigenvalue weighted by Crippen LogP contribution is 2.41. The standard InChI is InChI=1S/C18H12N2OS2/c19-17-15(18-20-8-9-22-18)16(21)14(23-17)10-12-6-3-5-11-4-1-2-7-13(11)12/h1-10,15,19H/b14-10-,19-17?/t15-/m1/s1. The van der Waals surface area contributed by atoms with Gasteiger partial charge in [-0.25, -0.2) is 4.98 Å². The molecular formula is C18H12N2OS2. The Morgan fingerprint density at radius 3 is 2.78 bits per heavy atom. The number of nitrogens with one attached hydrogen (secondary N) is 1. The van der Waals surface area contributed by atoms with Gasteiger partial charge >= 0.3 is 0 Å². The van der Waals surface area contributed by atoms with E-state index in [9.17, 15) is 4.79 Å². The van der Waals surface area contributed by atoms with Gasteiger partial charge in [-0.2, -0.15) is 0 Å². The second-order valence-electron chi connectivity index (χ2n) is 5.21. The number of carbonyl (C=O) groups excluding carboxylic acids is 1. The van der Waals surface area contributed by atoms with E-state index < -0.39 is 5.92 Å². The van der Waals surface area contributed by atoms with E-state index in [0.29, 0.717) is 15.0 Å². The molecule has 1 aliphatic rings. The first-order valence-corrected chi connectivity index (χ1v) is 8.83. The fraction of sp³-hybridized carbons (Fsp3) is 0.0556. The molecule has 0 aliphatic carbocycles. The van der Waals surface area contributed by atoms with Gasteiger partial charge in [0.2, 0.25) is 0 Å². The molecule has 1 aliphatic heterocycles. The van der Waals surface area contributed by atoms with Gasteiger partial charge in [0, 0.05) is 11.6 Å². The monoisotopic (exact) mass is 336 g/mol. The third kappa shape index (κ3) is 2.52. The van der Waals surface area contributed by atoms with Crippen LogP contribution in [0.3, 0.4) is 0 Å². The first-order valence-electron chi connectivity index (χ1n) is 7.13. The van der Waals surface area contributed by atoms with Crippen LogP contribution in [0, 0.1) is 5.41 Å². The quantitative estimate of drug-likeness (QED) is 0.689. The molecule has 1 fully saturated rings. The number of ketones is 1. The van der Waals surface area contributed by atoms with Crippen molar-refractivity contribution in [3.63, 3.8) is 0 Å². The molecule has 0 bridgehead atoms. The van der Waals surface area contributed by atoms with Crippen LogP contribution >= 0.6 is 23.1 Å². The van der Waals surface area contributed by atoms with Gasteiger partial charge in [-0.1, -0.05) is 54.2 Å². The summed E-state index contributed by atoms with van der Waals surface area (Å²) in [5.41, 5.74) is 1.01. The minimum atomic E-state index is -0.527. The number of carbonyl (C=O) groups is 1. The van der Waals surface area contributed by atoms with Crippen LogP contribution in [0.2, 0.25) is 0 Å². The van der Waals surface area contributed by atoms with Crippen LogP contribution in [0.15, 0.2) is 58.9 Å². The van der Waals surface area contributed by atoms with E-state index in [1.54, 1.807) is 6.20 Å². The van der Waals surface area contributed by atoms with E-state index in [2.05, 4.69) is 23.2 Å². The molecule has 1 N–H and O–H groups in total. The van der Waals surface area contributed by atoms with E-state index in [0.717, 1.165) is 16.3 Å². The Balaban J connectivity index is 1.77. The summed E-state index contributed by atoms with van der Waals surface area (Å²) in [5.74, 6) is -0.552. The van der Waals surface area contributed by atoms with Crippen molar-refractivity contribution in [1.82, 2.24) is 4.98 Å². The van der Waals surface area contributed by atoms with Crippen LogP contribution in [0.1, 0.15) is 16.5 Å². The topological polar surface area (TPSA) is 53.8 Å². The highest BCUT2D eigenvalue weighted by Gasteiger charge is 2.38. The zero-order chi connectivity index (χ0) is 15.8. The van der Waals surface area contributed by atoms with Gasteiger partial charge in [0.1, 0.15) is 10.9 Å². The predicted molar refractivity (Wildman–Crippen MR) is 97.1 cm³/mol. The molecule has 0 amide bonds. The molecule has 2 aromatic carbocycles. The molecule has 0 saturated carbocycles. The molecule has 23 heavy (non-hydrogen) atoms. The summed E-state index contributed by atoms with van der Waals surface area (Å²) in [5, 5.41) is 13.3. The van der Waals surface area contributed by atoms with Gasteiger partial charge in [0.05, 0.1) is 9.95 Å². The maximum Gasteiger partial charge on any atom is 0.186 e. The van der Waals surface area contributed by atoms with E-state index in [4.69, 9.17) is 5.41 Å². The lowest BCUT2D eigenvalue weighted by atomic mass is 10.0. The number of Topliss-reactive ketones (excluding diaryl/α,β-unsaturated/α-hetero) is 1. The van der Waals surface area contributed by atoms with E-state index in [1.165, 1.54) is 23.1 Å². The lowest BCUT2D eigenvalue weighted by Crippen LogP contribution is -2.11. The van der Waals surface area contributed by atoms with Crippen LogP contribution in [-0.2, 0) is 4.79 Å². The molecule has 0 radical (unpaired) electrons. The average Bonchev–Trinajstić information content (AvgIpc) is 3.17. The minimum absolute atomic E-state index is 0.0251. The summed E-state index contributed by atoms with van der Waals surface area (Å²) >= 11 is 2.67. The molecule has 4 rings (SSSR count). The van der Waals surface area contributed by atoms with Gasteiger partial charge in [-0.3, -0.25) is 10.2 Å². The van der Waals surface area contributed by atoms with Gasteiger partial charge in [-0.05, 0) is 22.4 Å². The molecule has 1 aromatic heterocycles. The van der Waals surface area contributed by atoms with Crippen molar-refractivity contribution < 1.29 is 4.79 Å². The Morgan fingerprint density at radius 2 is 1.96 bits per heavy atom. The molecule has 0 spiro atoms. The summed E-state index contributed by atoms with van der Waals surface area (Å²) in [6, 6.07) is 14.2. The minimum Gasteiger partial charge on any atom is -0.297 e.